The van der Waals surface area contributed by atoms with E-state index in [1.54, 1.807) is 12.1 Å². The lowest BCUT2D eigenvalue weighted by Gasteiger charge is -2.26. The van der Waals surface area contributed by atoms with Crippen LogP contribution in [-0.2, 0) is 13.2 Å². The van der Waals surface area contributed by atoms with Crippen LogP contribution in [0.1, 0.15) is 36.0 Å². The topological polar surface area (TPSA) is 36.3 Å². The molecule has 0 radical (unpaired) electrons. The number of hydrogen-bond donors (Lipinski definition) is 0. The average molecular weight is 383 g/mol. The maximum atomic E-state index is 8.85. The Labute approximate surface area is 173 Å². The number of ether oxygens (including phenoxy) is 1. The fourth-order valence-corrected chi connectivity index (χ4v) is 3.76. The molecule has 0 bridgehead atoms. The minimum Gasteiger partial charge on any atom is -0.489 e. The molecule has 0 amide bonds. The normalized spacial score (nSPS) is 14.3. The Morgan fingerprint density at radius 3 is 1.90 bits per heavy atom. The maximum absolute atomic E-state index is 8.85. The molecule has 1 saturated heterocycles. The van der Waals surface area contributed by atoms with Crippen LogP contribution < -0.4 is 4.74 Å². The van der Waals surface area contributed by atoms with Crippen molar-refractivity contribution in [2.24, 2.45) is 0 Å². The van der Waals surface area contributed by atoms with Crippen molar-refractivity contribution >= 4 is 0 Å². The van der Waals surface area contributed by atoms with Crippen LogP contribution >= 0.6 is 0 Å². The van der Waals surface area contributed by atoms with Gasteiger partial charge in [-0.15, -0.1) is 0 Å². The monoisotopic (exact) mass is 382 g/mol. The molecule has 146 valence electrons. The van der Waals surface area contributed by atoms with E-state index in [-0.39, 0.29) is 0 Å². The molecular formula is C26H26N2O. The lowest BCUT2D eigenvalue weighted by molar-refractivity contribution is 0.221. The first kappa shape index (κ1) is 19.2. The molecule has 0 unspecified atom stereocenters. The average Bonchev–Trinajstić information content (AvgIpc) is 2.80. The molecule has 3 aromatic rings. The molecule has 1 heterocycles. The Morgan fingerprint density at radius 2 is 1.31 bits per heavy atom. The van der Waals surface area contributed by atoms with Gasteiger partial charge >= 0.3 is 0 Å². The summed E-state index contributed by atoms with van der Waals surface area (Å²) >= 11 is 0. The molecule has 1 aliphatic rings. The molecule has 1 fully saturated rings. The van der Waals surface area contributed by atoms with Crippen molar-refractivity contribution in [3.8, 4) is 22.9 Å². The second-order valence-corrected chi connectivity index (χ2v) is 7.66. The summed E-state index contributed by atoms with van der Waals surface area (Å²) in [6, 6.07) is 26.8. The van der Waals surface area contributed by atoms with Gasteiger partial charge < -0.3 is 4.74 Å². The van der Waals surface area contributed by atoms with E-state index in [2.05, 4.69) is 59.5 Å². The minimum absolute atomic E-state index is 0.515. The quantitative estimate of drug-likeness (QED) is 0.541. The fourth-order valence-electron chi connectivity index (χ4n) is 3.76. The molecule has 0 N–H and O–H groups in total. The van der Waals surface area contributed by atoms with Gasteiger partial charge in [-0.2, -0.15) is 5.26 Å². The molecule has 3 nitrogen and oxygen atoms in total. The first-order valence-corrected chi connectivity index (χ1v) is 10.3. The highest BCUT2D eigenvalue weighted by atomic mass is 16.5. The number of hydrogen-bond acceptors (Lipinski definition) is 3. The van der Waals surface area contributed by atoms with Crippen LogP contribution in [0.2, 0.25) is 0 Å². The smallest absolute Gasteiger partial charge is 0.119 e. The zero-order valence-electron chi connectivity index (χ0n) is 16.7. The predicted molar refractivity (Wildman–Crippen MR) is 116 cm³/mol. The van der Waals surface area contributed by atoms with Crippen LogP contribution in [0, 0.1) is 11.3 Å². The Balaban J connectivity index is 1.33. The van der Waals surface area contributed by atoms with Crippen molar-refractivity contribution in [3.63, 3.8) is 0 Å². The number of nitrogens with zero attached hydrogens (tertiary/aromatic N) is 2. The SMILES string of the molecule is N#Cc1ccc(OCc2ccc(-c3ccc(CN4CCCCC4)cc3)cc2)cc1. The van der Waals surface area contributed by atoms with Gasteiger partial charge in [0.2, 0.25) is 0 Å². The van der Waals surface area contributed by atoms with Gasteiger partial charge in [-0.3, -0.25) is 4.90 Å². The van der Waals surface area contributed by atoms with Crippen LogP contribution in [0.3, 0.4) is 0 Å². The summed E-state index contributed by atoms with van der Waals surface area (Å²) in [5.74, 6) is 0.775. The summed E-state index contributed by atoms with van der Waals surface area (Å²) in [4.78, 5) is 2.56. The van der Waals surface area contributed by atoms with Crippen molar-refractivity contribution < 1.29 is 4.74 Å². The van der Waals surface area contributed by atoms with E-state index < -0.39 is 0 Å². The molecule has 0 spiro atoms. The summed E-state index contributed by atoms with van der Waals surface area (Å²) in [6.07, 6.45) is 4.04. The third-order valence-corrected chi connectivity index (χ3v) is 5.48. The highest BCUT2D eigenvalue weighted by molar-refractivity contribution is 5.64. The van der Waals surface area contributed by atoms with Crippen molar-refractivity contribution in [2.45, 2.75) is 32.4 Å². The minimum atomic E-state index is 0.515. The predicted octanol–water partition coefficient (Wildman–Crippen LogP) is 5.79. The van der Waals surface area contributed by atoms with Gasteiger partial charge in [0, 0.05) is 6.54 Å². The van der Waals surface area contributed by atoms with Crippen LogP contribution in [0.15, 0.2) is 72.8 Å². The summed E-state index contributed by atoms with van der Waals surface area (Å²) in [5.41, 5.74) is 5.62. The van der Waals surface area contributed by atoms with E-state index in [1.807, 2.05) is 12.1 Å². The number of likely N-dealkylation sites (tertiary alicyclic amines) is 1. The summed E-state index contributed by atoms with van der Waals surface area (Å²) in [6.45, 7) is 4.04. The third-order valence-electron chi connectivity index (χ3n) is 5.48. The molecule has 3 heteroatoms. The van der Waals surface area contributed by atoms with Gasteiger partial charge in [0.05, 0.1) is 11.6 Å². The lowest BCUT2D eigenvalue weighted by Crippen LogP contribution is -2.28. The van der Waals surface area contributed by atoms with Crippen LogP contribution in [0.25, 0.3) is 11.1 Å². The number of rotatable bonds is 6. The fraction of sp³-hybridized carbons (Fsp3) is 0.269. The summed E-state index contributed by atoms with van der Waals surface area (Å²) < 4.78 is 5.81. The molecule has 0 aromatic heterocycles. The molecule has 3 aromatic carbocycles. The van der Waals surface area contributed by atoms with E-state index >= 15 is 0 Å². The van der Waals surface area contributed by atoms with Crippen molar-refractivity contribution in [3.05, 3.63) is 89.5 Å². The van der Waals surface area contributed by atoms with E-state index in [1.165, 1.54) is 49.0 Å². The largest absolute Gasteiger partial charge is 0.489 e. The van der Waals surface area contributed by atoms with Gasteiger partial charge in [-0.05, 0) is 72.5 Å². The van der Waals surface area contributed by atoms with Gasteiger partial charge in [-0.1, -0.05) is 55.0 Å². The molecular weight excluding hydrogens is 356 g/mol. The van der Waals surface area contributed by atoms with Gasteiger partial charge in [0.15, 0.2) is 0 Å². The Bertz CT molecular complexity index is 948. The number of piperidine rings is 1. The molecule has 4 rings (SSSR count). The van der Waals surface area contributed by atoms with Gasteiger partial charge in [-0.25, -0.2) is 0 Å². The van der Waals surface area contributed by atoms with Gasteiger partial charge in [0.25, 0.3) is 0 Å². The maximum Gasteiger partial charge on any atom is 0.119 e. The van der Waals surface area contributed by atoms with Crippen LogP contribution in [0.5, 0.6) is 5.75 Å². The zero-order chi connectivity index (χ0) is 19.9. The second kappa shape index (κ2) is 9.41. The lowest BCUT2D eigenvalue weighted by atomic mass is 10.0. The zero-order valence-corrected chi connectivity index (χ0v) is 16.7. The molecule has 29 heavy (non-hydrogen) atoms. The van der Waals surface area contributed by atoms with E-state index in [4.69, 9.17) is 10.00 Å². The molecule has 1 aliphatic heterocycles. The third kappa shape index (κ3) is 5.25. The van der Waals surface area contributed by atoms with E-state index in [9.17, 15) is 0 Å². The standard InChI is InChI=1S/C26H26N2O/c27-18-21-8-14-26(15-9-21)29-20-23-6-12-25(13-7-23)24-10-4-22(5-11-24)19-28-16-2-1-3-17-28/h4-15H,1-3,16-17,19-20H2. The van der Waals surface area contributed by atoms with Crippen molar-refractivity contribution in [2.75, 3.05) is 13.1 Å². The highest BCUT2D eigenvalue weighted by Gasteiger charge is 2.10. The first-order chi connectivity index (χ1) is 14.3. The van der Waals surface area contributed by atoms with Crippen molar-refractivity contribution in [1.29, 1.82) is 5.26 Å². The van der Waals surface area contributed by atoms with Crippen molar-refractivity contribution in [1.82, 2.24) is 4.90 Å². The number of nitriles is 1. The Morgan fingerprint density at radius 1 is 0.724 bits per heavy atom. The van der Waals surface area contributed by atoms with Crippen LogP contribution in [-0.4, -0.2) is 18.0 Å². The van der Waals surface area contributed by atoms with Gasteiger partial charge in [0.1, 0.15) is 12.4 Å². The van der Waals surface area contributed by atoms with E-state index in [0.29, 0.717) is 12.2 Å². The Kier molecular flexibility index (Phi) is 6.24. The van der Waals surface area contributed by atoms with Crippen LogP contribution in [0.4, 0.5) is 0 Å². The van der Waals surface area contributed by atoms with E-state index in [0.717, 1.165) is 17.9 Å². The Hall–Kier alpha value is -3.09. The molecule has 0 atom stereocenters. The highest BCUT2D eigenvalue weighted by Crippen LogP contribution is 2.22. The number of benzene rings is 3. The first-order valence-electron chi connectivity index (χ1n) is 10.3. The molecule has 0 aliphatic carbocycles. The summed E-state index contributed by atoms with van der Waals surface area (Å²) in [5, 5.41) is 8.85. The second-order valence-electron chi connectivity index (χ2n) is 7.66. The molecule has 0 saturated carbocycles. The summed E-state index contributed by atoms with van der Waals surface area (Å²) in [7, 11) is 0.